The minimum Gasteiger partial charge on any atom is -0.497 e. The van der Waals surface area contributed by atoms with Crippen LogP contribution in [0.3, 0.4) is 0 Å². The van der Waals surface area contributed by atoms with Crippen molar-refractivity contribution in [2.75, 3.05) is 13.7 Å². The van der Waals surface area contributed by atoms with Crippen molar-refractivity contribution in [3.63, 3.8) is 0 Å². The molecule has 0 amide bonds. The molecule has 9 heteroatoms. The van der Waals surface area contributed by atoms with Crippen LogP contribution in [0.4, 0.5) is 0 Å². The van der Waals surface area contributed by atoms with Crippen molar-refractivity contribution in [3.05, 3.63) is 65.2 Å². The molecule has 174 valence electrons. The number of methoxy groups -OCH3 is 1. The Labute approximate surface area is 188 Å². The molecule has 1 aliphatic carbocycles. The van der Waals surface area contributed by atoms with E-state index in [1.54, 1.807) is 7.11 Å². The molecule has 1 fully saturated rings. The number of phosphoric acid groups is 1. The SMILES string of the molecule is COc1cccc(CO/N=C(\C)c2ccc([C@@H]3CC[C@](N)(CCOP(=O)(O)O)C3)cc2)c1. The van der Waals surface area contributed by atoms with E-state index in [9.17, 15) is 4.57 Å². The molecular weight excluding hydrogens is 431 g/mol. The van der Waals surface area contributed by atoms with Gasteiger partial charge in [-0.1, -0.05) is 41.6 Å². The summed E-state index contributed by atoms with van der Waals surface area (Å²) in [5, 5.41) is 4.23. The van der Waals surface area contributed by atoms with Gasteiger partial charge in [0.15, 0.2) is 0 Å². The molecule has 2 aromatic rings. The first-order chi connectivity index (χ1) is 15.2. The molecular formula is C23H31N2O6P. The Morgan fingerprint density at radius 2 is 2.00 bits per heavy atom. The van der Waals surface area contributed by atoms with Gasteiger partial charge in [0.05, 0.1) is 19.4 Å². The number of ether oxygens (including phenoxy) is 1. The van der Waals surface area contributed by atoms with Crippen molar-refractivity contribution >= 4 is 13.5 Å². The first-order valence-corrected chi connectivity index (χ1v) is 12.1. The van der Waals surface area contributed by atoms with E-state index < -0.39 is 13.4 Å². The Morgan fingerprint density at radius 3 is 2.69 bits per heavy atom. The monoisotopic (exact) mass is 462 g/mol. The fraction of sp³-hybridized carbons (Fsp3) is 0.435. The number of rotatable bonds is 10. The maximum absolute atomic E-state index is 10.9. The highest BCUT2D eigenvalue weighted by atomic mass is 31.2. The summed E-state index contributed by atoms with van der Waals surface area (Å²) in [6.45, 7) is 2.22. The van der Waals surface area contributed by atoms with Crippen LogP contribution in [0.1, 0.15) is 55.2 Å². The molecule has 8 nitrogen and oxygen atoms in total. The second-order valence-corrected chi connectivity index (χ2v) is 9.54. The number of phosphoric ester groups is 1. The van der Waals surface area contributed by atoms with E-state index in [2.05, 4.69) is 21.8 Å². The summed E-state index contributed by atoms with van der Waals surface area (Å²) in [5.74, 6) is 1.09. The summed E-state index contributed by atoms with van der Waals surface area (Å²) in [6.07, 6.45) is 2.90. The van der Waals surface area contributed by atoms with Crippen molar-refractivity contribution in [1.29, 1.82) is 0 Å². The van der Waals surface area contributed by atoms with Crippen molar-refractivity contribution in [1.82, 2.24) is 0 Å². The van der Waals surface area contributed by atoms with Gasteiger partial charge in [-0.05, 0) is 67.3 Å². The molecule has 4 N–H and O–H groups in total. The first-order valence-electron chi connectivity index (χ1n) is 10.6. The van der Waals surface area contributed by atoms with Crippen molar-refractivity contribution in [2.24, 2.45) is 10.9 Å². The molecule has 1 aliphatic rings. The summed E-state index contributed by atoms with van der Waals surface area (Å²) >= 11 is 0. The van der Waals surface area contributed by atoms with Crippen molar-refractivity contribution in [2.45, 2.75) is 50.7 Å². The molecule has 0 bridgehead atoms. The van der Waals surface area contributed by atoms with E-state index >= 15 is 0 Å². The van der Waals surface area contributed by atoms with Crippen molar-refractivity contribution in [3.8, 4) is 5.75 Å². The number of hydrogen-bond acceptors (Lipinski definition) is 6. The lowest BCUT2D eigenvalue weighted by molar-refractivity contribution is 0.130. The average Bonchev–Trinajstić information content (AvgIpc) is 3.15. The van der Waals surface area contributed by atoms with Crippen LogP contribution in [-0.4, -0.2) is 34.8 Å². The Hall–Kier alpha value is -2.22. The molecule has 0 spiro atoms. The Kier molecular flexibility index (Phi) is 8.09. The van der Waals surface area contributed by atoms with Crippen LogP contribution >= 0.6 is 7.82 Å². The van der Waals surface area contributed by atoms with Crippen LogP contribution in [-0.2, 0) is 20.5 Å². The van der Waals surface area contributed by atoms with E-state index in [0.717, 1.165) is 41.9 Å². The smallest absolute Gasteiger partial charge is 0.469 e. The topological polar surface area (TPSA) is 124 Å². The molecule has 32 heavy (non-hydrogen) atoms. The summed E-state index contributed by atoms with van der Waals surface area (Å²) in [5.41, 5.74) is 9.91. The fourth-order valence-corrected chi connectivity index (χ4v) is 4.38. The van der Waals surface area contributed by atoms with Gasteiger partial charge in [-0.25, -0.2) is 4.57 Å². The van der Waals surface area contributed by atoms with Gasteiger partial charge in [-0.3, -0.25) is 4.52 Å². The Bertz CT molecular complexity index is 975. The zero-order valence-corrected chi connectivity index (χ0v) is 19.3. The van der Waals surface area contributed by atoms with Gasteiger partial charge >= 0.3 is 7.82 Å². The highest BCUT2D eigenvalue weighted by molar-refractivity contribution is 7.46. The Morgan fingerprint density at radius 1 is 1.25 bits per heavy atom. The maximum Gasteiger partial charge on any atom is 0.469 e. The lowest BCUT2D eigenvalue weighted by Crippen LogP contribution is -2.37. The summed E-state index contributed by atoms with van der Waals surface area (Å²) in [4.78, 5) is 23.2. The van der Waals surface area contributed by atoms with E-state index in [1.165, 1.54) is 5.56 Å². The zero-order chi connectivity index (χ0) is 23.2. The molecule has 0 saturated heterocycles. The summed E-state index contributed by atoms with van der Waals surface area (Å²) in [7, 11) is -2.82. The van der Waals surface area contributed by atoms with Crippen LogP contribution in [0.5, 0.6) is 5.75 Å². The Balaban J connectivity index is 1.53. The number of hydrogen-bond donors (Lipinski definition) is 3. The molecule has 0 unspecified atom stereocenters. The van der Waals surface area contributed by atoms with Gasteiger partial charge in [0, 0.05) is 5.54 Å². The van der Waals surface area contributed by atoms with Crippen LogP contribution < -0.4 is 10.5 Å². The molecule has 0 radical (unpaired) electrons. The lowest BCUT2D eigenvalue weighted by atomic mass is 9.90. The summed E-state index contributed by atoms with van der Waals surface area (Å²) < 4.78 is 20.6. The number of nitrogens with zero attached hydrogens (tertiary/aromatic N) is 1. The maximum atomic E-state index is 10.9. The van der Waals surface area contributed by atoms with E-state index in [-0.39, 0.29) is 6.61 Å². The molecule has 0 aliphatic heterocycles. The van der Waals surface area contributed by atoms with Gasteiger partial charge in [-0.2, -0.15) is 0 Å². The van der Waals surface area contributed by atoms with E-state index in [4.69, 9.17) is 25.1 Å². The van der Waals surface area contributed by atoms with Crippen LogP contribution in [0.2, 0.25) is 0 Å². The third-order valence-corrected chi connectivity index (χ3v) is 6.39. The number of oxime groups is 1. The quantitative estimate of drug-likeness (QED) is 0.276. The van der Waals surface area contributed by atoms with E-state index in [0.29, 0.717) is 18.9 Å². The second-order valence-electron chi connectivity index (χ2n) is 8.30. The van der Waals surface area contributed by atoms with Gasteiger partial charge < -0.3 is 25.1 Å². The van der Waals surface area contributed by atoms with Gasteiger partial charge in [0.1, 0.15) is 12.4 Å². The van der Waals surface area contributed by atoms with Gasteiger partial charge in [0.2, 0.25) is 0 Å². The highest BCUT2D eigenvalue weighted by Crippen LogP contribution is 2.43. The first kappa shape index (κ1) is 24.4. The largest absolute Gasteiger partial charge is 0.497 e. The third kappa shape index (κ3) is 7.15. The minimum absolute atomic E-state index is 0.0438. The van der Waals surface area contributed by atoms with Crippen molar-refractivity contribution < 1.29 is 28.5 Å². The van der Waals surface area contributed by atoms with Crippen LogP contribution in [0, 0.1) is 0 Å². The number of nitrogens with two attached hydrogens (primary N) is 1. The molecule has 0 heterocycles. The van der Waals surface area contributed by atoms with Crippen LogP contribution in [0.25, 0.3) is 0 Å². The fourth-order valence-electron chi connectivity index (χ4n) is 4.05. The molecule has 1 saturated carbocycles. The normalized spacial score (nSPS) is 21.5. The van der Waals surface area contributed by atoms with Gasteiger partial charge in [0.25, 0.3) is 0 Å². The van der Waals surface area contributed by atoms with Gasteiger partial charge in [-0.15, -0.1) is 0 Å². The average molecular weight is 462 g/mol. The predicted octanol–water partition coefficient (Wildman–Crippen LogP) is 4.10. The second kappa shape index (κ2) is 10.6. The standard InChI is InChI=1S/C23H31N2O6P/c1-17(25-30-16-18-4-3-5-22(14-18)29-2)19-6-8-20(9-7-19)21-10-11-23(24,15-21)12-13-31-32(26,27)28/h3-9,14,21H,10-13,15-16,24H2,1-2H3,(H2,26,27,28)/b25-17+/t21-,23+/m1/s1. The predicted molar refractivity (Wildman–Crippen MR) is 123 cm³/mol. The minimum atomic E-state index is -4.45. The lowest BCUT2D eigenvalue weighted by Gasteiger charge is -2.24. The number of benzene rings is 2. The molecule has 2 atom stereocenters. The molecule has 2 aromatic carbocycles. The van der Waals surface area contributed by atoms with E-state index in [1.807, 2.05) is 43.3 Å². The third-order valence-electron chi connectivity index (χ3n) is 5.87. The molecule has 0 aromatic heterocycles. The molecule has 3 rings (SSSR count). The van der Waals surface area contributed by atoms with Crippen LogP contribution in [0.15, 0.2) is 53.7 Å². The zero-order valence-electron chi connectivity index (χ0n) is 18.4. The highest BCUT2D eigenvalue weighted by Gasteiger charge is 2.36. The summed E-state index contributed by atoms with van der Waals surface area (Å²) in [6, 6.07) is 15.9.